The van der Waals surface area contributed by atoms with Gasteiger partial charge in [-0.3, -0.25) is 9.89 Å². The highest BCUT2D eigenvalue weighted by molar-refractivity contribution is 5.80. The molecule has 3 aliphatic rings. The number of guanidine groups is 1. The van der Waals surface area contributed by atoms with E-state index in [4.69, 9.17) is 4.74 Å². The van der Waals surface area contributed by atoms with Gasteiger partial charge in [0.15, 0.2) is 5.96 Å². The van der Waals surface area contributed by atoms with Gasteiger partial charge >= 0.3 is 0 Å². The third kappa shape index (κ3) is 4.19. The van der Waals surface area contributed by atoms with Crippen LogP contribution in [0.25, 0.3) is 0 Å². The molecule has 2 heterocycles. The SMILES string of the molecule is CCC1(C)CCN(C(=NC)NCC2(N3CCC(OC)CC3)CCCC2)C1. The first-order valence-corrected chi connectivity index (χ1v) is 10.8. The number of aliphatic imine (C=N–C) groups is 1. The van der Waals surface area contributed by atoms with E-state index in [9.17, 15) is 0 Å². The van der Waals surface area contributed by atoms with E-state index in [0.717, 1.165) is 25.6 Å². The predicted molar refractivity (Wildman–Crippen MR) is 109 cm³/mol. The molecular formula is C21H40N4O. The smallest absolute Gasteiger partial charge is 0.193 e. The zero-order chi connectivity index (χ0) is 18.6. The van der Waals surface area contributed by atoms with E-state index in [1.165, 1.54) is 64.5 Å². The number of likely N-dealkylation sites (tertiary alicyclic amines) is 2. The molecule has 1 saturated carbocycles. The number of hydrogen-bond donors (Lipinski definition) is 1. The predicted octanol–water partition coefficient (Wildman–Crippen LogP) is 3.11. The fourth-order valence-electron chi connectivity index (χ4n) is 5.27. The molecule has 150 valence electrons. The van der Waals surface area contributed by atoms with Crippen LogP contribution in [-0.2, 0) is 4.74 Å². The lowest BCUT2D eigenvalue weighted by molar-refractivity contribution is -0.00177. The lowest BCUT2D eigenvalue weighted by atomic mass is 9.87. The minimum absolute atomic E-state index is 0.322. The molecule has 5 heteroatoms. The summed E-state index contributed by atoms with van der Waals surface area (Å²) in [7, 11) is 3.80. The minimum Gasteiger partial charge on any atom is -0.381 e. The van der Waals surface area contributed by atoms with E-state index < -0.39 is 0 Å². The Bertz CT molecular complexity index is 480. The average Bonchev–Trinajstić information content (AvgIpc) is 3.31. The van der Waals surface area contributed by atoms with Gasteiger partial charge in [-0.05, 0) is 43.9 Å². The number of nitrogens with one attached hydrogen (secondary N) is 1. The standard InChI is InChI=1S/C21H40N4O/c1-5-20(2)12-15-24(17-20)19(22-3)23-16-21(10-6-7-11-21)25-13-8-18(26-4)9-14-25/h18H,5-17H2,1-4H3,(H,22,23). The normalized spacial score (nSPS) is 30.9. The van der Waals surface area contributed by atoms with Crippen molar-refractivity contribution in [2.24, 2.45) is 10.4 Å². The Kier molecular flexibility index (Phi) is 6.50. The summed E-state index contributed by atoms with van der Waals surface area (Å²) in [4.78, 5) is 9.86. The Balaban J connectivity index is 1.60. The van der Waals surface area contributed by atoms with Crippen molar-refractivity contribution in [3.05, 3.63) is 0 Å². The highest BCUT2D eigenvalue weighted by Gasteiger charge is 2.41. The zero-order valence-corrected chi connectivity index (χ0v) is 17.5. The summed E-state index contributed by atoms with van der Waals surface area (Å²) in [5.41, 5.74) is 0.771. The summed E-state index contributed by atoms with van der Waals surface area (Å²) in [6.45, 7) is 10.4. The molecule has 26 heavy (non-hydrogen) atoms. The molecule has 3 rings (SSSR count). The first-order chi connectivity index (χ1) is 12.5. The van der Waals surface area contributed by atoms with Crippen LogP contribution in [0, 0.1) is 5.41 Å². The van der Waals surface area contributed by atoms with Crippen LogP contribution in [-0.4, -0.2) is 74.3 Å². The molecule has 2 aliphatic heterocycles. The number of nitrogens with zero attached hydrogens (tertiary/aromatic N) is 3. The van der Waals surface area contributed by atoms with E-state index in [-0.39, 0.29) is 0 Å². The summed E-state index contributed by atoms with van der Waals surface area (Å²) in [5, 5.41) is 3.78. The van der Waals surface area contributed by atoms with Gasteiger partial charge in [0.1, 0.15) is 0 Å². The Morgan fingerprint density at radius 3 is 2.38 bits per heavy atom. The van der Waals surface area contributed by atoms with Crippen molar-refractivity contribution in [2.75, 3.05) is 46.9 Å². The highest BCUT2D eigenvalue weighted by atomic mass is 16.5. The average molecular weight is 365 g/mol. The maximum Gasteiger partial charge on any atom is 0.193 e. The molecule has 1 aliphatic carbocycles. The van der Waals surface area contributed by atoms with E-state index in [0.29, 0.717) is 17.1 Å². The van der Waals surface area contributed by atoms with Gasteiger partial charge in [-0.25, -0.2) is 0 Å². The second-order valence-electron chi connectivity index (χ2n) is 9.09. The molecule has 0 aromatic heterocycles. The molecule has 0 amide bonds. The summed E-state index contributed by atoms with van der Waals surface area (Å²) >= 11 is 0. The van der Waals surface area contributed by atoms with Crippen LogP contribution >= 0.6 is 0 Å². The van der Waals surface area contributed by atoms with Gasteiger partial charge in [0.05, 0.1) is 6.10 Å². The molecule has 0 aromatic rings. The number of methoxy groups -OCH3 is 1. The third-order valence-corrected chi connectivity index (χ3v) is 7.48. The second-order valence-corrected chi connectivity index (χ2v) is 9.09. The Morgan fingerprint density at radius 1 is 1.15 bits per heavy atom. The molecule has 0 spiro atoms. The fourth-order valence-corrected chi connectivity index (χ4v) is 5.27. The van der Waals surface area contributed by atoms with Crippen molar-refractivity contribution in [1.82, 2.24) is 15.1 Å². The van der Waals surface area contributed by atoms with Crippen molar-refractivity contribution in [3.63, 3.8) is 0 Å². The van der Waals surface area contributed by atoms with E-state index in [2.05, 4.69) is 34.0 Å². The van der Waals surface area contributed by atoms with Gasteiger partial charge in [0.25, 0.3) is 0 Å². The van der Waals surface area contributed by atoms with Crippen molar-refractivity contribution >= 4 is 5.96 Å². The van der Waals surface area contributed by atoms with Crippen LogP contribution < -0.4 is 5.32 Å². The van der Waals surface area contributed by atoms with Crippen molar-refractivity contribution in [1.29, 1.82) is 0 Å². The van der Waals surface area contributed by atoms with Crippen LogP contribution in [0.1, 0.15) is 65.2 Å². The minimum atomic E-state index is 0.322. The maximum atomic E-state index is 5.58. The molecule has 1 atom stereocenters. The maximum absolute atomic E-state index is 5.58. The van der Waals surface area contributed by atoms with Crippen LogP contribution in [0.5, 0.6) is 0 Å². The monoisotopic (exact) mass is 364 g/mol. The van der Waals surface area contributed by atoms with E-state index in [1.807, 2.05) is 14.2 Å². The Labute approximate surface area is 160 Å². The molecule has 3 fully saturated rings. The molecule has 0 aromatic carbocycles. The van der Waals surface area contributed by atoms with Crippen molar-refractivity contribution < 1.29 is 4.74 Å². The van der Waals surface area contributed by atoms with Crippen LogP contribution in [0.4, 0.5) is 0 Å². The number of hydrogen-bond acceptors (Lipinski definition) is 3. The molecule has 0 radical (unpaired) electrons. The highest BCUT2D eigenvalue weighted by Crippen LogP contribution is 2.37. The summed E-state index contributed by atoms with van der Waals surface area (Å²) in [6, 6.07) is 0. The van der Waals surface area contributed by atoms with E-state index >= 15 is 0 Å². The first-order valence-electron chi connectivity index (χ1n) is 10.8. The number of ether oxygens (including phenoxy) is 1. The second kappa shape index (κ2) is 8.47. The molecule has 5 nitrogen and oxygen atoms in total. The fraction of sp³-hybridized carbons (Fsp3) is 0.952. The summed E-state index contributed by atoms with van der Waals surface area (Å²) in [5.74, 6) is 1.11. The first kappa shape index (κ1) is 19.9. The largest absolute Gasteiger partial charge is 0.381 e. The lowest BCUT2D eigenvalue weighted by Gasteiger charge is -2.45. The molecule has 2 saturated heterocycles. The van der Waals surface area contributed by atoms with E-state index in [1.54, 1.807) is 0 Å². The quantitative estimate of drug-likeness (QED) is 0.601. The number of rotatable bonds is 5. The molecule has 1 unspecified atom stereocenters. The third-order valence-electron chi connectivity index (χ3n) is 7.48. The van der Waals surface area contributed by atoms with Gasteiger partial charge < -0.3 is 15.0 Å². The van der Waals surface area contributed by atoms with Crippen LogP contribution in [0.15, 0.2) is 4.99 Å². The van der Waals surface area contributed by atoms with Gasteiger partial charge in [-0.2, -0.15) is 0 Å². The number of piperidine rings is 1. The lowest BCUT2D eigenvalue weighted by Crippen LogP contribution is -2.58. The van der Waals surface area contributed by atoms with Crippen LogP contribution in [0.2, 0.25) is 0 Å². The Morgan fingerprint density at radius 2 is 1.85 bits per heavy atom. The van der Waals surface area contributed by atoms with Crippen molar-refractivity contribution in [2.45, 2.75) is 76.9 Å². The topological polar surface area (TPSA) is 40.1 Å². The summed E-state index contributed by atoms with van der Waals surface area (Å²) in [6.07, 6.45) is 10.7. The van der Waals surface area contributed by atoms with Crippen LogP contribution in [0.3, 0.4) is 0 Å². The van der Waals surface area contributed by atoms with Crippen molar-refractivity contribution in [3.8, 4) is 0 Å². The Hall–Kier alpha value is -0.810. The zero-order valence-electron chi connectivity index (χ0n) is 17.5. The van der Waals surface area contributed by atoms with Gasteiger partial charge in [-0.15, -0.1) is 0 Å². The molecular weight excluding hydrogens is 324 g/mol. The van der Waals surface area contributed by atoms with Gasteiger partial charge in [-0.1, -0.05) is 26.7 Å². The van der Waals surface area contributed by atoms with Gasteiger partial charge in [0, 0.05) is 52.4 Å². The summed E-state index contributed by atoms with van der Waals surface area (Å²) < 4.78 is 5.58. The molecule has 0 bridgehead atoms. The molecule has 1 N–H and O–H groups in total. The van der Waals surface area contributed by atoms with Gasteiger partial charge in [0.2, 0.25) is 0 Å².